The van der Waals surface area contributed by atoms with Crippen molar-refractivity contribution in [1.29, 1.82) is 0 Å². The fraction of sp³-hybridized carbons (Fsp3) is 0.733. The van der Waals surface area contributed by atoms with Crippen LogP contribution in [0.5, 0.6) is 0 Å². The molecule has 1 saturated carbocycles. The fourth-order valence-electron chi connectivity index (χ4n) is 2.12. The van der Waals surface area contributed by atoms with E-state index in [4.69, 9.17) is 9.15 Å². The van der Waals surface area contributed by atoms with Crippen LogP contribution in [0.1, 0.15) is 38.0 Å². The van der Waals surface area contributed by atoms with Gasteiger partial charge in [-0.3, -0.25) is 4.90 Å². The maximum Gasteiger partial charge on any atom is 0.122 e. The molecule has 2 rings (SSSR count). The number of furan rings is 1. The van der Waals surface area contributed by atoms with Crippen molar-refractivity contribution < 1.29 is 9.15 Å². The fourth-order valence-corrected chi connectivity index (χ4v) is 2.12. The van der Waals surface area contributed by atoms with E-state index in [9.17, 15) is 0 Å². The van der Waals surface area contributed by atoms with Gasteiger partial charge in [-0.05, 0) is 32.4 Å². The molecule has 1 heterocycles. The second kappa shape index (κ2) is 7.68. The second-order valence-electron chi connectivity index (χ2n) is 5.09. The summed E-state index contributed by atoms with van der Waals surface area (Å²) >= 11 is 0. The molecule has 1 N–H and O–H groups in total. The SMILES string of the molecule is CCOCCN(CC)Cc1ccoc1CNC1CC1. The van der Waals surface area contributed by atoms with Gasteiger partial charge in [0.2, 0.25) is 0 Å². The average molecular weight is 266 g/mol. The molecule has 0 amide bonds. The molecule has 0 aliphatic heterocycles. The Morgan fingerprint density at radius 2 is 2.26 bits per heavy atom. The molecule has 1 aliphatic rings. The van der Waals surface area contributed by atoms with Crippen LogP contribution >= 0.6 is 0 Å². The summed E-state index contributed by atoms with van der Waals surface area (Å²) in [6.07, 6.45) is 4.42. The van der Waals surface area contributed by atoms with Gasteiger partial charge in [0.15, 0.2) is 0 Å². The van der Waals surface area contributed by atoms with E-state index in [1.54, 1.807) is 6.26 Å². The molecule has 19 heavy (non-hydrogen) atoms. The minimum atomic E-state index is 0.721. The first-order valence-electron chi connectivity index (χ1n) is 7.42. The van der Waals surface area contributed by atoms with Crippen LogP contribution in [-0.4, -0.2) is 37.2 Å². The van der Waals surface area contributed by atoms with Crippen LogP contribution in [0.4, 0.5) is 0 Å². The highest BCUT2D eigenvalue weighted by Gasteiger charge is 2.21. The number of hydrogen-bond acceptors (Lipinski definition) is 4. The molecule has 0 saturated heterocycles. The maximum absolute atomic E-state index is 5.59. The molecule has 4 heteroatoms. The molecule has 0 bridgehead atoms. The first-order valence-corrected chi connectivity index (χ1v) is 7.42. The van der Waals surface area contributed by atoms with Crippen molar-refractivity contribution in [2.45, 2.75) is 45.8 Å². The van der Waals surface area contributed by atoms with E-state index in [0.29, 0.717) is 0 Å². The van der Waals surface area contributed by atoms with Gasteiger partial charge in [-0.2, -0.15) is 0 Å². The standard InChI is InChI=1S/C15H26N2O2/c1-3-17(8-10-18-4-2)12-13-7-9-19-15(13)11-16-14-5-6-14/h7,9,14,16H,3-6,8,10-12H2,1-2H3. The predicted molar refractivity (Wildman–Crippen MR) is 76.0 cm³/mol. The molecule has 0 radical (unpaired) electrons. The largest absolute Gasteiger partial charge is 0.468 e. The Labute approximate surface area is 116 Å². The van der Waals surface area contributed by atoms with Crippen LogP contribution in [0, 0.1) is 0 Å². The Morgan fingerprint density at radius 1 is 1.42 bits per heavy atom. The third-order valence-corrected chi connectivity index (χ3v) is 3.56. The lowest BCUT2D eigenvalue weighted by molar-refractivity contribution is 0.112. The van der Waals surface area contributed by atoms with Crippen molar-refractivity contribution >= 4 is 0 Å². The third kappa shape index (κ3) is 4.97. The summed E-state index contributed by atoms with van der Waals surface area (Å²) in [5, 5.41) is 3.51. The number of rotatable bonds is 10. The number of nitrogens with zero attached hydrogens (tertiary/aromatic N) is 1. The van der Waals surface area contributed by atoms with Crippen molar-refractivity contribution in [3.05, 3.63) is 23.7 Å². The van der Waals surface area contributed by atoms with Crippen molar-refractivity contribution in [2.75, 3.05) is 26.3 Å². The van der Waals surface area contributed by atoms with E-state index in [2.05, 4.69) is 23.2 Å². The quantitative estimate of drug-likeness (QED) is 0.660. The Hall–Kier alpha value is -0.840. The number of likely N-dealkylation sites (N-methyl/N-ethyl adjacent to an activating group) is 1. The van der Waals surface area contributed by atoms with E-state index in [1.165, 1.54) is 18.4 Å². The molecule has 0 spiro atoms. The van der Waals surface area contributed by atoms with Gasteiger partial charge >= 0.3 is 0 Å². The number of nitrogens with one attached hydrogen (secondary N) is 1. The van der Waals surface area contributed by atoms with E-state index in [-0.39, 0.29) is 0 Å². The highest BCUT2D eigenvalue weighted by Crippen LogP contribution is 2.20. The van der Waals surface area contributed by atoms with Gasteiger partial charge in [0, 0.05) is 31.3 Å². The summed E-state index contributed by atoms with van der Waals surface area (Å²) in [7, 11) is 0. The molecule has 1 aliphatic carbocycles. The molecular formula is C15H26N2O2. The van der Waals surface area contributed by atoms with Gasteiger partial charge < -0.3 is 14.5 Å². The molecule has 108 valence electrons. The first kappa shape index (κ1) is 14.6. The number of hydrogen-bond donors (Lipinski definition) is 1. The average Bonchev–Trinajstić information content (AvgIpc) is 3.15. The minimum Gasteiger partial charge on any atom is -0.468 e. The summed E-state index contributed by atoms with van der Waals surface area (Å²) in [5.74, 6) is 1.08. The molecule has 1 fully saturated rings. The van der Waals surface area contributed by atoms with Crippen LogP contribution < -0.4 is 5.32 Å². The van der Waals surface area contributed by atoms with Crippen LogP contribution in [0.3, 0.4) is 0 Å². The zero-order valence-electron chi connectivity index (χ0n) is 12.2. The van der Waals surface area contributed by atoms with Crippen molar-refractivity contribution in [1.82, 2.24) is 10.2 Å². The van der Waals surface area contributed by atoms with Crippen LogP contribution in [0.2, 0.25) is 0 Å². The van der Waals surface area contributed by atoms with Crippen LogP contribution in [0.15, 0.2) is 16.7 Å². The lowest BCUT2D eigenvalue weighted by Gasteiger charge is -2.20. The normalized spacial score (nSPS) is 15.3. The van der Waals surface area contributed by atoms with Gasteiger partial charge in [0.1, 0.15) is 5.76 Å². The van der Waals surface area contributed by atoms with Gasteiger partial charge in [0.25, 0.3) is 0 Å². The molecule has 4 nitrogen and oxygen atoms in total. The summed E-state index contributed by atoms with van der Waals surface area (Å²) in [5.41, 5.74) is 1.30. The van der Waals surface area contributed by atoms with E-state index in [0.717, 1.165) is 51.2 Å². The molecule has 0 atom stereocenters. The Balaban J connectivity index is 1.79. The van der Waals surface area contributed by atoms with Crippen LogP contribution in [-0.2, 0) is 17.8 Å². The van der Waals surface area contributed by atoms with E-state index in [1.807, 2.05) is 6.92 Å². The molecule has 1 aromatic rings. The van der Waals surface area contributed by atoms with Crippen molar-refractivity contribution in [3.63, 3.8) is 0 Å². The summed E-state index contributed by atoms with van der Waals surface area (Å²) < 4.78 is 11.0. The van der Waals surface area contributed by atoms with Crippen molar-refractivity contribution in [3.8, 4) is 0 Å². The van der Waals surface area contributed by atoms with E-state index >= 15 is 0 Å². The molecule has 1 aromatic heterocycles. The lowest BCUT2D eigenvalue weighted by atomic mass is 10.2. The highest BCUT2D eigenvalue weighted by atomic mass is 16.5. The van der Waals surface area contributed by atoms with Crippen molar-refractivity contribution in [2.24, 2.45) is 0 Å². The van der Waals surface area contributed by atoms with Gasteiger partial charge in [0.05, 0.1) is 19.4 Å². The predicted octanol–water partition coefficient (Wildman–Crippen LogP) is 2.39. The highest BCUT2D eigenvalue weighted by molar-refractivity contribution is 5.17. The lowest BCUT2D eigenvalue weighted by Crippen LogP contribution is -2.27. The molecule has 0 unspecified atom stereocenters. The van der Waals surface area contributed by atoms with Gasteiger partial charge in [-0.25, -0.2) is 0 Å². The molecule has 0 aromatic carbocycles. The van der Waals surface area contributed by atoms with E-state index < -0.39 is 0 Å². The molecular weight excluding hydrogens is 240 g/mol. The topological polar surface area (TPSA) is 37.6 Å². The van der Waals surface area contributed by atoms with Gasteiger partial charge in [-0.15, -0.1) is 0 Å². The Bertz CT molecular complexity index is 361. The third-order valence-electron chi connectivity index (χ3n) is 3.56. The second-order valence-corrected chi connectivity index (χ2v) is 5.09. The smallest absolute Gasteiger partial charge is 0.122 e. The monoisotopic (exact) mass is 266 g/mol. The van der Waals surface area contributed by atoms with Gasteiger partial charge in [-0.1, -0.05) is 6.92 Å². The number of ether oxygens (including phenoxy) is 1. The Morgan fingerprint density at radius 3 is 2.95 bits per heavy atom. The maximum atomic E-state index is 5.59. The summed E-state index contributed by atoms with van der Waals surface area (Å²) in [6, 6.07) is 2.81. The minimum absolute atomic E-state index is 0.721. The van der Waals surface area contributed by atoms with Crippen LogP contribution in [0.25, 0.3) is 0 Å². The summed E-state index contributed by atoms with van der Waals surface area (Å²) in [4.78, 5) is 2.39. The Kier molecular flexibility index (Phi) is 5.89. The first-order chi connectivity index (χ1) is 9.33. The zero-order valence-corrected chi connectivity index (χ0v) is 12.2. The summed E-state index contributed by atoms with van der Waals surface area (Å²) in [6.45, 7) is 9.64. The zero-order chi connectivity index (χ0) is 13.5.